The smallest absolute Gasteiger partial charge is 0.295 e. The van der Waals surface area contributed by atoms with Crippen molar-refractivity contribution in [1.29, 1.82) is 0 Å². The van der Waals surface area contributed by atoms with Crippen molar-refractivity contribution in [3.8, 4) is 17.2 Å². The quantitative estimate of drug-likeness (QED) is 0.226. The molecule has 0 radical (unpaired) electrons. The monoisotopic (exact) mass is 551 g/mol. The SMILES string of the molecule is CCOc1ccc(CN2C(=O)C(=O)/C(=C(\O)c3ccc(OC)c(Br)c3)C2c2ccc(OC)cc2)cc1. The van der Waals surface area contributed by atoms with E-state index in [-0.39, 0.29) is 17.9 Å². The van der Waals surface area contributed by atoms with Gasteiger partial charge in [0.2, 0.25) is 0 Å². The minimum Gasteiger partial charge on any atom is -0.507 e. The predicted molar refractivity (Wildman–Crippen MR) is 139 cm³/mol. The van der Waals surface area contributed by atoms with E-state index >= 15 is 0 Å². The number of halogens is 1. The standard InChI is InChI=1S/C28H26BrNO6/c1-4-36-21-10-5-17(6-11-21)16-30-25(18-7-12-20(34-2)13-8-18)24(27(32)28(30)33)26(31)19-9-14-23(35-3)22(29)15-19/h5-15,25,31H,4,16H2,1-3H3/b26-24-. The van der Waals surface area contributed by atoms with Gasteiger partial charge in [-0.3, -0.25) is 9.59 Å². The zero-order valence-electron chi connectivity index (χ0n) is 20.2. The van der Waals surface area contributed by atoms with Crippen LogP contribution in [0.1, 0.15) is 29.7 Å². The van der Waals surface area contributed by atoms with E-state index < -0.39 is 17.7 Å². The molecule has 0 aromatic heterocycles. The van der Waals surface area contributed by atoms with E-state index in [0.29, 0.717) is 33.7 Å². The number of methoxy groups -OCH3 is 2. The highest BCUT2D eigenvalue weighted by atomic mass is 79.9. The maximum Gasteiger partial charge on any atom is 0.295 e. The van der Waals surface area contributed by atoms with Gasteiger partial charge < -0.3 is 24.2 Å². The molecule has 36 heavy (non-hydrogen) atoms. The van der Waals surface area contributed by atoms with Crippen molar-refractivity contribution in [3.05, 3.63) is 93.5 Å². The molecule has 0 aliphatic carbocycles. The van der Waals surface area contributed by atoms with Gasteiger partial charge in [-0.05, 0) is 76.4 Å². The van der Waals surface area contributed by atoms with Gasteiger partial charge in [-0.15, -0.1) is 0 Å². The molecule has 1 amide bonds. The van der Waals surface area contributed by atoms with Gasteiger partial charge in [-0.2, -0.15) is 0 Å². The molecule has 7 nitrogen and oxygen atoms in total. The average molecular weight is 552 g/mol. The van der Waals surface area contributed by atoms with Gasteiger partial charge >= 0.3 is 0 Å². The minimum atomic E-state index is -0.789. The maximum absolute atomic E-state index is 13.3. The molecule has 3 aromatic rings. The molecular formula is C28H26BrNO6. The van der Waals surface area contributed by atoms with E-state index in [0.717, 1.165) is 11.3 Å². The van der Waals surface area contributed by atoms with Crippen LogP contribution in [-0.4, -0.2) is 42.5 Å². The average Bonchev–Trinajstić information content (AvgIpc) is 3.14. The molecule has 186 valence electrons. The van der Waals surface area contributed by atoms with Crippen molar-refractivity contribution in [3.63, 3.8) is 0 Å². The molecule has 8 heteroatoms. The zero-order chi connectivity index (χ0) is 25.8. The molecule has 1 atom stereocenters. The second-order valence-corrected chi connectivity index (χ2v) is 8.98. The van der Waals surface area contributed by atoms with Crippen LogP contribution in [0.15, 0.2) is 76.8 Å². The Bertz CT molecular complexity index is 1300. The highest BCUT2D eigenvalue weighted by Crippen LogP contribution is 2.41. The highest BCUT2D eigenvalue weighted by molar-refractivity contribution is 9.10. The normalized spacial score (nSPS) is 16.8. The Kier molecular flexibility index (Phi) is 7.64. The topological polar surface area (TPSA) is 85.3 Å². The summed E-state index contributed by atoms with van der Waals surface area (Å²) >= 11 is 3.41. The molecule has 1 heterocycles. The summed E-state index contributed by atoms with van der Waals surface area (Å²) in [5.74, 6) is 0.257. The number of carbonyl (C=O) groups is 2. The predicted octanol–water partition coefficient (Wildman–Crippen LogP) is 5.49. The number of nitrogens with zero attached hydrogens (tertiary/aromatic N) is 1. The Balaban J connectivity index is 1.80. The lowest BCUT2D eigenvalue weighted by atomic mass is 9.95. The number of amides is 1. The number of rotatable bonds is 8. The Labute approximate surface area is 218 Å². The largest absolute Gasteiger partial charge is 0.507 e. The third-order valence-electron chi connectivity index (χ3n) is 5.98. The molecule has 1 unspecified atom stereocenters. The third kappa shape index (κ3) is 4.95. The van der Waals surface area contributed by atoms with E-state index in [1.54, 1.807) is 49.6 Å². The van der Waals surface area contributed by atoms with Gasteiger partial charge in [0, 0.05) is 12.1 Å². The van der Waals surface area contributed by atoms with E-state index in [1.165, 1.54) is 12.0 Å². The lowest BCUT2D eigenvalue weighted by molar-refractivity contribution is -0.140. The number of benzene rings is 3. The molecule has 0 bridgehead atoms. The van der Waals surface area contributed by atoms with E-state index in [9.17, 15) is 14.7 Å². The Morgan fingerprint density at radius 3 is 2.19 bits per heavy atom. The van der Waals surface area contributed by atoms with Crippen LogP contribution in [-0.2, 0) is 16.1 Å². The van der Waals surface area contributed by atoms with Crippen molar-refractivity contribution < 1.29 is 28.9 Å². The molecule has 4 rings (SSSR count). The highest BCUT2D eigenvalue weighted by Gasteiger charge is 2.46. The Morgan fingerprint density at radius 1 is 0.944 bits per heavy atom. The number of aliphatic hydroxyl groups excluding tert-OH is 1. The van der Waals surface area contributed by atoms with Gasteiger partial charge in [-0.1, -0.05) is 24.3 Å². The van der Waals surface area contributed by atoms with E-state index in [1.807, 2.05) is 31.2 Å². The van der Waals surface area contributed by atoms with Gasteiger partial charge in [0.05, 0.1) is 36.9 Å². The molecule has 1 N–H and O–H groups in total. The summed E-state index contributed by atoms with van der Waals surface area (Å²) in [6.45, 7) is 2.63. The van der Waals surface area contributed by atoms with Crippen LogP contribution in [0.2, 0.25) is 0 Å². The van der Waals surface area contributed by atoms with Crippen molar-refractivity contribution in [1.82, 2.24) is 4.90 Å². The van der Waals surface area contributed by atoms with E-state index in [4.69, 9.17) is 14.2 Å². The number of ether oxygens (including phenoxy) is 3. The molecule has 0 saturated carbocycles. The van der Waals surface area contributed by atoms with Gasteiger partial charge in [0.25, 0.3) is 11.7 Å². The fraction of sp³-hybridized carbons (Fsp3) is 0.214. The molecule has 1 fully saturated rings. The Hall–Kier alpha value is -3.78. The number of likely N-dealkylation sites (tertiary alicyclic amines) is 1. The van der Waals surface area contributed by atoms with Crippen molar-refractivity contribution in [2.75, 3.05) is 20.8 Å². The summed E-state index contributed by atoms with van der Waals surface area (Å²) in [4.78, 5) is 28.0. The molecule has 1 saturated heterocycles. The van der Waals surface area contributed by atoms with Crippen molar-refractivity contribution in [2.45, 2.75) is 19.5 Å². The summed E-state index contributed by atoms with van der Waals surface area (Å²) in [7, 11) is 3.10. The molecule has 1 aliphatic rings. The third-order valence-corrected chi connectivity index (χ3v) is 6.60. The number of hydrogen-bond donors (Lipinski definition) is 1. The van der Waals surface area contributed by atoms with Crippen LogP contribution in [0, 0.1) is 0 Å². The fourth-order valence-corrected chi connectivity index (χ4v) is 4.74. The first kappa shape index (κ1) is 25.3. The van der Waals surface area contributed by atoms with Crippen LogP contribution in [0.4, 0.5) is 0 Å². The Morgan fingerprint density at radius 2 is 1.61 bits per heavy atom. The first-order valence-corrected chi connectivity index (χ1v) is 12.1. The second-order valence-electron chi connectivity index (χ2n) is 8.13. The summed E-state index contributed by atoms with van der Waals surface area (Å²) in [6.07, 6.45) is 0. The van der Waals surface area contributed by atoms with Crippen LogP contribution >= 0.6 is 15.9 Å². The molecule has 3 aromatic carbocycles. The maximum atomic E-state index is 13.3. The number of aliphatic hydroxyl groups is 1. The lowest BCUT2D eigenvalue weighted by Crippen LogP contribution is -2.29. The van der Waals surface area contributed by atoms with Crippen molar-refractivity contribution >= 4 is 33.4 Å². The summed E-state index contributed by atoms with van der Waals surface area (Å²) in [5.41, 5.74) is 1.91. The fourth-order valence-electron chi connectivity index (χ4n) is 4.20. The minimum absolute atomic E-state index is 0.0215. The molecule has 1 aliphatic heterocycles. The van der Waals surface area contributed by atoms with Crippen LogP contribution in [0.5, 0.6) is 17.2 Å². The van der Waals surface area contributed by atoms with E-state index in [2.05, 4.69) is 15.9 Å². The number of ketones is 1. The molecular weight excluding hydrogens is 526 g/mol. The number of carbonyl (C=O) groups excluding carboxylic acids is 2. The van der Waals surface area contributed by atoms with Gasteiger partial charge in [0.15, 0.2) is 0 Å². The lowest BCUT2D eigenvalue weighted by Gasteiger charge is -2.25. The van der Waals surface area contributed by atoms with Crippen LogP contribution in [0.25, 0.3) is 5.76 Å². The first-order chi connectivity index (χ1) is 17.4. The van der Waals surface area contributed by atoms with Gasteiger partial charge in [0.1, 0.15) is 23.0 Å². The van der Waals surface area contributed by atoms with Crippen molar-refractivity contribution in [2.24, 2.45) is 0 Å². The first-order valence-electron chi connectivity index (χ1n) is 11.4. The van der Waals surface area contributed by atoms with Crippen LogP contribution in [0.3, 0.4) is 0 Å². The summed E-state index contributed by atoms with van der Waals surface area (Å²) in [6, 6.07) is 18.6. The molecule has 0 spiro atoms. The summed E-state index contributed by atoms with van der Waals surface area (Å²) < 4.78 is 16.7. The van der Waals surface area contributed by atoms with Gasteiger partial charge in [-0.25, -0.2) is 0 Å². The second kappa shape index (κ2) is 10.9. The zero-order valence-corrected chi connectivity index (χ0v) is 21.7. The van der Waals surface area contributed by atoms with Crippen LogP contribution < -0.4 is 14.2 Å². The number of Topliss-reactive ketones (excluding diaryl/α,β-unsaturated/α-hetero) is 1. The number of hydrogen-bond acceptors (Lipinski definition) is 6. The summed E-state index contributed by atoms with van der Waals surface area (Å²) in [5, 5.41) is 11.3.